The summed E-state index contributed by atoms with van der Waals surface area (Å²) in [6.45, 7) is 1.99. The molecule has 0 fully saturated rings. The molecule has 2 N–H and O–H groups in total. The first kappa shape index (κ1) is 14.4. The molecule has 1 atom stereocenters. The van der Waals surface area contributed by atoms with Crippen molar-refractivity contribution in [1.82, 2.24) is 0 Å². The van der Waals surface area contributed by atoms with Crippen molar-refractivity contribution >= 4 is 33.0 Å². The average molecular weight is 365 g/mol. The van der Waals surface area contributed by atoms with Crippen LogP contribution in [-0.2, 0) is 9.53 Å². The first-order valence-corrected chi connectivity index (χ1v) is 8.23. The Kier molecular flexibility index (Phi) is 3.64. The Morgan fingerprint density at radius 2 is 2.29 bits per heavy atom. The smallest absolute Gasteiger partial charge is 0.205 e. The van der Waals surface area contributed by atoms with Crippen molar-refractivity contribution in [3.8, 4) is 6.07 Å². The molecule has 0 saturated carbocycles. The van der Waals surface area contributed by atoms with Crippen LogP contribution in [0.5, 0.6) is 0 Å². The average Bonchev–Trinajstić information content (AvgIpc) is 2.77. The molecule has 1 aliphatic heterocycles. The number of ketones is 1. The summed E-state index contributed by atoms with van der Waals surface area (Å²) in [6.07, 6.45) is 1.97. The van der Waals surface area contributed by atoms with Crippen LogP contribution >= 0.6 is 27.3 Å². The molecule has 108 valence electrons. The van der Waals surface area contributed by atoms with Gasteiger partial charge in [-0.3, -0.25) is 4.79 Å². The molecule has 0 saturated heterocycles. The van der Waals surface area contributed by atoms with Crippen molar-refractivity contribution < 1.29 is 9.53 Å². The van der Waals surface area contributed by atoms with E-state index in [1.54, 1.807) is 11.3 Å². The molecule has 21 heavy (non-hydrogen) atoms. The van der Waals surface area contributed by atoms with Crippen molar-refractivity contribution in [3.05, 3.63) is 43.1 Å². The largest absolute Gasteiger partial charge is 0.444 e. The van der Waals surface area contributed by atoms with Crippen LogP contribution in [0, 0.1) is 18.3 Å². The van der Waals surface area contributed by atoms with Gasteiger partial charge in [-0.25, -0.2) is 0 Å². The maximum absolute atomic E-state index is 12.4. The first-order chi connectivity index (χ1) is 10.0. The Morgan fingerprint density at radius 1 is 1.52 bits per heavy atom. The lowest BCUT2D eigenvalue weighted by Crippen LogP contribution is -2.26. The van der Waals surface area contributed by atoms with E-state index in [1.807, 2.05) is 13.0 Å². The molecule has 0 aromatic carbocycles. The Hall–Kier alpha value is -1.58. The summed E-state index contributed by atoms with van der Waals surface area (Å²) in [7, 11) is 0. The number of carbonyl (C=O) groups excluding carboxylic acids is 1. The quantitative estimate of drug-likeness (QED) is 0.825. The summed E-state index contributed by atoms with van der Waals surface area (Å²) >= 11 is 5.06. The fourth-order valence-corrected chi connectivity index (χ4v) is 4.45. The third-order valence-corrected chi connectivity index (χ3v) is 5.97. The zero-order chi connectivity index (χ0) is 15.1. The van der Waals surface area contributed by atoms with E-state index in [2.05, 4.69) is 22.0 Å². The Balaban J connectivity index is 2.19. The van der Waals surface area contributed by atoms with Gasteiger partial charge in [0.05, 0.1) is 5.92 Å². The van der Waals surface area contributed by atoms with E-state index in [-0.39, 0.29) is 17.6 Å². The highest BCUT2D eigenvalue weighted by atomic mass is 79.9. The molecule has 2 heterocycles. The molecule has 0 bridgehead atoms. The van der Waals surface area contributed by atoms with Crippen molar-refractivity contribution in [2.45, 2.75) is 32.1 Å². The summed E-state index contributed by atoms with van der Waals surface area (Å²) in [4.78, 5) is 14.4. The summed E-state index contributed by atoms with van der Waals surface area (Å²) in [5.41, 5.74) is 6.84. The van der Waals surface area contributed by atoms with Gasteiger partial charge in [0.15, 0.2) is 5.78 Å². The number of nitriles is 1. The van der Waals surface area contributed by atoms with Crippen molar-refractivity contribution in [1.29, 1.82) is 5.26 Å². The minimum absolute atomic E-state index is 0.0590. The number of Topliss-reactive ketones (excluding diaryl/α,β-unsaturated/α-hetero) is 1. The molecule has 3 rings (SSSR count). The van der Waals surface area contributed by atoms with Crippen LogP contribution in [-0.4, -0.2) is 5.78 Å². The summed E-state index contributed by atoms with van der Waals surface area (Å²) in [5, 5.41) is 9.44. The SMILES string of the molecule is Cc1sc([C@@H]2C(C#N)=C(N)OC3=C2C(=O)CCC3)cc1Br. The second-order valence-corrected chi connectivity index (χ2v) is 7.23. The number of hydrogen-bond acceptors (Lipinski definition) is 5. The van der Waals surface area contributed by atoms with Crippen molar-refractivity contribution in [3.63, 3.8) is 0 Å². The highest BCUT2D eigenvalue weighted by Gasteiger charge is 2.38. The van der Waals surface area contributed by atoms with Gasteiger partial charge in [-0.15, -0.1) is 11.3 Å². The van der Waals surface area contributed by atoms with Crippen LogP contribution < -0.4 is 5.73 Å². The van der Waals surface area contributed by atoms with Gasteiger partial charge in [0.2, 0.25) is 5.88 Å². The number of allylic oxidation sites excluding steroid dienone is 3. The summed E-state index contributed by atoms with van der Waals surface area (Å²) in [6, 6.07) is 4.08. The molecule has 1 aromatic heterocycles. The van der Waals surface area contributed by atoms with Gasteiger partial charge < -0.3 is 10.5 Å². The van der Waals surface area contributed by atoms with Crippen LogP contribution in [0.4, 0.5) is 0 Å². The highest BCUT2D eigenvalue weighted by molar-refractivity contribution is 9.10. The summed E-state index contributed by atoms with van der Waals surface area (Å²) < 4.78 is 6.52. The van der Waals surface area contributed by atoms with E-state index in [0.29, 0.717) is 29.7 Å². The number of carbonyl (C=O) groups is 1. The van der Waals surface area contributed by atoms with Gasteiger partial charge in [-0.1, -0.05) is 0 Å². The summed E-state index contributed by atoms with van der Waals surface area (Å²) in [5.74, 6) is 0.429. The molecular weight excluding hydrogens is 352 g/mol. The Labute approximate surface area is 135 Å². The molecule has 4 nitrogen and oxygen atoms in total. The van der Waals surface area contributed by atoms with Gasteiger partial charge in [0, 0.05) is 32.6 Å². The molecule has 6 heteroatoms. The minimum Gasteiger partial charge on any atom is -0.444 e. The third kappa shape index (κ3) is 2.30. The number of rotatable bonds is 1. The minimum atomic E-state index is -0.387. The predicted octanol–water partition coefficient (Wildman–Crippen LogP) is 3.63. The fraction of sp³-hybridized carbons (Fsp3) is 0.333. The number of nitrogens with zero attached hydrogens (tertiary/aromatic N) is 1. The molecule has 0 spiro atoms. The predicted molar refractivity (Wildman–Crippen MR) is 83.3 cm³/mol. The maximum atomic E-state index is 12.4. The third-order valence-electron chi connectivity index (χ3n) is 3.77. The maximum Gasteiger partial charge on any atom is 0.205 e. The molecule has 0 radical (unpaired) electrons. The molecule has 0 amide bonds. The van der Waals surface area contributed by atoms with E-state index in [0.717, 1.165) is 20.6 Å². The number of thiophene rings is 1. The lowest BCUT2D eigenvalue weighted by atomic mass is 9.80. The van der Waals surface area contributed by atoms with Crippen molar-refractivity contribution in [2.75, 3.05) is 0 Å². The molecule has 1 aromatic rings. The van der Waals surface area contributed by atoms with Crippen LogP contribution in [0.15, 0.2) is 33.3 Å². The second kappa shape index (κ2) is 5.32. The lowest BCUT2D eigenvalue weighted by Gasteiger charge is -2.30. The zero-order valence-electron chi connectivity index (χ0n) is 11.4. The fourth-order valence-electron chi connectivity index (χ4n) is 2.76. The van der Waals surface area contributed by atoms with E-state index in [4.69, 9.17) is 10.5 Å². The van der Waals surface area contributed by atoms with Gasteiger partial charge in [0.1, 0.15) is 17.4 Å². The standard InChI is InChI=1S/C15H13BrN2O2S/c1-7-9(16)5-12(21-7)13-8(6-17)15(18)20-11-4-2-3-10(19)14(11)13/h5,13H,2-4,18H2,1H3/t13-/m0/s1. The number of nitrogens with two attached hydrogens (primary N) is 1. The first-order valence-electron chi connectivity index (χ1n) is 6.62. The number of ether oxygens (including phenoxy) is 1. The van der Waals surface area contributed by atoms with Gasteiger partial charge >= 0.3 is 0 Å². The normalized spacial score (nSPS) is 22.0. The molecule has 0 unspecified atom stereocenters. The molecule has 1 aliphatic carbocycles. The van der Waals surface area contributed by atoms with Crippen LogP contribution in [0.2, 0.25) is 0 Å². The van der Waals surface area contributed by atoms with Crippen LogP contribution in [0.25, 0.3) is 0 Å². The number of hydrogen-bond donors (Lipinski definition) is 1. The topological polar surface area (TPSA) is 76.1 Å². The molecule has 2 aliphatic rings. The Bertz CT molecular complexity index is 720. The monoisotopic (exact) mass is 364 g/mol. The van der Waals surface area contributed by atoms with E-state index >= 15 is 0 Å². The van der Waals surface area contributed by atoms with Crippen LogP contribution in [0.1, 0.15) is 34.9 Å². The van der Waals surface area contributed by atoms with E-state index in [9.17, 15) is 10.1 Å². The van der Waals surface area contributed by atoms with E-state index in [1.165, 1.54) is 0 Å². The highest BCUT2D eigenvalue weighted by Crippen LogP contribution is 2.46. The van der Waals surface area contributed by atoms with Gasteiger partial charge in [-0.2, -0.15) is 5.26 Å². The van der Waals surface area contributed by atoms with Gasteiger partial charge in [-0.05, 0) is 35.3 Å². The number of aryl methyl sites for hydroxylation is 1. The second-order valence-electron chi connectivity index (χ2n) is 5.09. The number of halogens is 1. The Morgan fingerprint density at radius 3 is 2.90 bits per heavy atom. The lowest BCUT2D eigenvalue weighted by molar-refractivity contribution is -0.116. The van der Waals surface area contributed by atoms with E-state index < -0.39 is 0 Å². The van der Waals surface area contributed by atoms with Gasteiger partial charge in [0.25, 0.3) is 0 Å². The van der Waals surface area contributed by atoms with Crippen LogP contribution in [0.3, 0.4) is 0 Å². The molecular formula is C15H13BrN2O2S. The van der Waals surface area contributed by atoms with Crippen molar-refractivity contribution in [2.24, 2.45) is 5.73 Å². The zero-order valence-corrected chi connectivity index (χ0v) is 13.8.